The number of halogens is 2. The first-order valence-corrected chi connectivity index (χ1v) is 8.27. The number of carbonyl (C=O) groups excluding carboxylic acids is 1. The molecule has 2 aromatic carbocycles. The summed E-state index contributed by atoms with van der Waals surface area (Å²) in [5.41, 5.74) is 0.805. The van der Waals surface area contributed by atoms with Crippen LogP contribution >= 0.6 is 27.5 Å². The van der Waals surface area contributed by atoms with Gasteiger partial charge in [-0.25, -0.2) is 0 Å². The zero-order chi connectivity index (χ0) is 15.5. The van der Waals surface area contributed by atoms with Crippen LogP contribution in [0.25, 0.3) is 0 Å². The van der Waals surface area contributed by atoms with Crippen LogP contribution in [0.2, 0.25) is 5.02 Å². The van der Waals surface area contributed by atoms with Crippen LogP contribution < -0.4 is 10.1 Å². The van der Waals surface area contributed by atoms with Crippen LogP contribution in [0.15, 0.2) is 53.0 Å². The minimum atomic E-state index is -0.708. The summed E-state index contributed by atoms with van der Waals surface area (Å²) in [7, 11) is 0. The third-order valence-corrected chi connectivity index (χ3v) is 4.19. The largest absolute Gasteiger partial charge is 0.474 e. The molecule has 1 amide bonds. The van der Waals surface area contributed by atoms with Crippen molar-refractivity contribution in [2.75, 3.05) is 0 Å². The predicted molar refractivity (Wildman–Crippen MR) is 90.1 cm³/mol. The molecule has 1 aliphatic rings. The normalized spacial score (nSPS) is 15.2. The molecular formula is C17H15BrClNO2. The van der Waals surface area contributed by atoms with E-state index in [2.05, 4.69) is 21.2 Å². The highest BCUT2D eigenvalue weighted by Crippen LogP contribution is 2.32. The van der Waals surface area contributed by atoms with Gasteiger partial charge in [-0.05, 0) is 31.0 Å². The maximum Gasteiger partial charge on any atom is 0.266 e. The highest BCUT2D eigenvalue weighted by atomic mass is 79.9. The molecule has 0 radical (unpaired) electrons. The van der Waals surface area contributed by atoms with Gasteiger partial charge in [0.2, 0.25) is 6.10 Å². The Morgan fingerprint density at radius 2 is 1.95 bits per heavy atom. The molecule has 0 unspecified atom stereocenters. The van der Waals surface area contributed by atoms with Gasteiger partial charge < -0.3 is 10.1 Å². The lowest BCUT2D eigenvalue weighted by molar-refractivity contribution is -0.128. The second-order valence-corrected chi connectivity index (χ2v) is 6.59. The van der Waals surface area contributed by atoms with E-state index in [1.807, 2.05) is 36.4 Å². The summed E-state index contributed by atoms with van der Waals surface area (Å²) in [6.45, 7) is 0. The van der Waals surface area contributed by atoms with Gasteiger partial charge in [0.15, 0.2) is 0 Å². The average molecular weight is 381 g/mol. The van der Waals surface area contributed by atoms with Gasteiger partial charge in [0, 0.05) is 16.1 Å². The van der Waals surface area contributed by atoms with Crippen LogP contribution in [-0.2, 0) is 4.79 Å². The average Bonchev–Trinajstić information content (AvgIpc) is 3.31. The molecule has 2 aromatic rings. The number of rotatable bonds is 5. The Hall–Kier alpha value is -1.52. The van der Waals surface area contributed by atoms with Crippen molar-refractivity contribution in [1.29, 1.82) is 0 Å². The smallest absolute Gasteiger partial charge is 0.266 e. The maximum absolute atomic E-state index is 12.5. The van der Waals surface area contributed by atoms with Gasteiger partial charge >= 0.3 is 0 Å². The Labute approximate surface area is 142 Å². The summed E-state index contributed by atoms with van der Waals surface area (Å²) < 4.78 is 6.78. The SMILES string of the molecule is O=C(NC1CC1)[C@@H](Oc1ccc(Br)cc1Cl)c1ccccc1. The Balaban J connectivity index is 1.85. The number of ether oxygens (including phenoxy) is 1. The molecule has 0 spiro atoms. The van der Waals surface area contributed by atoms with E-state index in [4.69, 9.17) is 16.3 Å². The van der Waals surface area contributed by atoms with Crippen LogP contribution in [0.3, 0.4) is 0 Å². The molecule has 1 atom stereocenters. The molecule has 3 nitrogen and oxygen atoms in total. The van der Waals surface area contributed by atoms with Crippen LogP contribution in [0.4, 0.5) is 0 Å². The molecule has 1 fully saturated rings. The Morgan fingerprint density at radius 1 is 1.23 bits per heavy atom. The van der Waals surface area contributed by atoms with Crippen molar-refractivity contribution in [3.8, 4) is 5.75 Å². The van der Waals surface area contributed by atoms with Gasteiger partial charge in [-0.1, -0.05) is 57.9 Å². The monoisotopic (exact) mass is 379 g/mol. The number of benzene rings is 2. The lowest BCUT2D eigenvalue weighted by Crippen LogP contribution is -2.33. The molecule has 1 aliphatic carbocycles. The van der Waals surface area contributed by atoms with Crippen LogP contribution in [0.1, 0.15) is 24.5 Å². The molecule has 0 aliphatic heterocycles. The fraction of sp³-hybridized carbons (Fsp3) is 0.235. The topological polar surface area (TPSA) is 38.3 Å². The Kier molecular flexibility index (Phi) is 4.69. The number of hydrogen-bond acceptors (Lipinski definition) is 2. The van der Waals surface area contributed by atoms with Crippen molar-refractivity contribution in [3.63, 3.8) is 0 Å². The van der Waals surface area contributed by atoms with Crippen LogP contribution in [0, 0.1) is 0 Å². The van der Waals surface area contributed by atoms with Crippen molar-refractivity contribution in [2.24, 2.45) is 0 Å². The zero-order valence-corrected chi connectivity index (χ0v) is 14.1. The lowest BCUT2D eigenvalue weighted by atomic mass is 10.1. The summed E-state index contributed by atoms with van der Waals surface area (Å²) in [5, 5.41) is 3.45. The highest BCUT2D eigenvalue weighted by molar-refractivity contribution is 9.10. The molecule has 0 saturated heterocycles. The molecule has 0 aromatic heterocycles. The molecule has 1 N–H and O–H groups in total. The van der Waals surface area contributed by atoms with Crippen LogP contribution in [-0.4, -0.2) is 11.9 Å². The molecule has 114 valence electrons. The standard InChI is InChI=1S/C17H15BrClNO2/c18-12-6-9-15(14(19)10-12)22-16(11-4-2-1-3-5-11)17(21)20-13-7-8-13/h1-6,9-10,13,16H,7-8H2,(H,20,21)/t16-/m0/s1. The molecule has 22 heavy (non-hydrogen) atoms. The molecule has 0 bridgehead atoms. The van der Waals surface area contributed by atoms with E-state index >= 15 is 0 Å². The second-order valence-electron chi connectivity index (χ2n) is 5.27. The number of hydrogen-bond donors (Lipinski definition) is 1. The summed E-state index contributed by atoms with van der Waals surface area (Å²) in [4.78, 5) is 12.5. The van der Waals surface area contributed by atoms with E-state index in [9.17, 15) is 4.79 Å². The zero-order valence-electron chi connectivity index (χ0n) is 11.8. The quantitative estimate of drug-likeness (QED) is 0.829. The maximum atomic E-state index is 12.5. The minimum Gasteiger partial charge on any atom is -0.474 e. The first-order chi connectivity index (χ1) is 10.6. The Morgan fingerprint density at radius 3 is 2.59 bits per heavy atom. The van der Waals surface area contributed by atoms with Gasteiger partial charge in [-0.3, -0.25) is 4.79 Å². The van der Waals surface area contributed by atoms with E-state index in [1.54, 1.807) is 12.1 Å². The molecular weight excluding hydrogens is 366 g/mol. The summed E-state index contributed by atoms with van der Waals surface area (Å²) in [6.07, 6.45) is 1.36. The van der Waals surface area contributed by atoms with Gasteiger partial charge in [0.1, 0.15) is 5.75 Å². The van der Waals surface area contributed by atoms with Crippen molar-refractivity contribution in [2.45, 2.75) is 25.0 Å². The fourth-order valence-electron chi connectivity index (χ4n) is 2.10. The van der Waals surface area contributed by atoms with Crippen LogP contribution in [0.5, 0.6) is 5.75 Å². The van der Waals surface area contributed by atoms with E-state index in [0.717, 1.165) is 22.9 Å². The van der Waals surface area contributed by atoms with E-state index in [-0.39, 0.29) is 11.9 Å². The second kappa shape index (κ2) is 6.71. The molecule has 3 rings (SSSR count). The van der Waals surface area contributed by atoms with Crippen molar-refractivity contribution in [3.05, 3.63) is 63.6 Å². The number of nitrogens with one attached hydrogen (secondary N) is 1. The third kappa shape index (κ3) is 3.81. The van der Waals surface area contributed by atoms with E-state index in [0.29, 0.717) is 10.8 Å². The van der Waals surface area contributed by atoms with Crippen molar-refractivity contribution < 1.29 is 9.53 Å². The van der Waals surface area contributed by atoms with Crippen molar-refractivity contribution in [1.82, 2.24) is 5.32 Å². The minimum absolute atomic E-state index is 0.132. The van der Waals surface area contributed by atoms with Gasteiger partial charge in [-0.15, -0.1) is 0 Å². The summed E-state index contributed by atoms with van der Waals surface area (Å²) in [5.74, 6) is 0.359. The molecule has 0 heterocycles. The highest BCUT2D eigenvalue weighted by Gasteiger charge is 2.30. The van der Waals surface area contributed by atoms with E-state index in [1.165, 1.54) is 0 Å². The van der Waals surface area contributed by atoms with E-state index < -0.39 is 6.10 Å². The first kappa shape index (κ1) is 15.4. The molecule has 5 heteroatoms. The van der Waals surface area contributed by atoms with Gasteiger partial charge in [0.25, 0.3) is 5.91 Å². The predicted octanol–water partition coefficient (Wildman–Crippen LogP) is 4.50. The van der Waals surface area contributed by atoms with Crippen molar-refractivity contribution >= 4 is 33.4 Å². The lowest BCUT2D eigenvalue weighted by Gasteiger charge is -2.20. The number of carbonyl (C=O) groups is 1. The summed E-state index contributed by atoms with van der Waals surface area (Å²) in [6, 6.07) is 15.1. The number of amides is 1. The van der Waals surface area contributed by atoms with Gasteiger partial charge in [0.05, 0.1) is 5.02 Å². The third-order valence-electron chi connectivity index (χ3n) is 3.40. The Bertz CT molecular complexity index is 674. The fourth-order valence-corrected chi connectivity index (χ4v) is 2.82. The molecule has 1 saturated carbocycles. The summed E-state index contributed by atoms with van der Waals surface area (Å²) >= 11 is 9.56. The van der Waals surface area contributed by atoms with Gasteiger partial charge in [-0.2, -0.15) is 0 Å². The first-order valence-electron chi connectivity index (χ1n) is 7.10.